The standard InChI is InChI=1S/C13H11N3OS/c14-10-4-2-5-11(7-10)17-8-9-3-1-6-12-13(9)16-18-15-12/h1-7H,8,14H2. The van der Waals surface area contributed by atoms with Crippen LogP contribution < -0.4 is 10.5 Å². The Balaban J connectivity index is 1.83. The molecule has 0 unspecified atom stereocenters. The van der Waals surface area contributed by atoms with Crippen LogP contribution in [0.1, 0.15) is 5.56 Å². The second kappa shape index (κ2) is 4.62. The third-order valence-corrected chi connectivity index (χ3v) is 3.16. The van der Waals surface area contributed by atoms with Crippen LogP contribution in [0.2, 0.25) is 0 Å². The van der Waals surface area contributed by atoms with Crippen molar-refractivity contribution >= 4 is 28.4 Å². The molecular formula is C13H11N3OS. The van der Waals surface area contributed by atoms with E-state index in [2.05, 4.69) is 8.75 Å². The van der Waals surface area contributed by atoms with Gasteiger partial charge in [-0.05, 0) is 18.2 Å². The van der Waals surface area contributed by atoms with Gasteiger partial charge in [-0.25, -0.2) is 0 Å². The highest BCUT2D eigenvalue weighted by Crippen LogP contribution is 2.20. The first-order valence-electron chi connectivity index (χ1n) is 5.51. The lowest BCUT2D eigenvalue weighted by Gasteiger charge is -2.07. The molecule has 90 valence electrons. The Morgan fingerprint density at radius 1 is 1.11 bits per heavy atom. The Kier molecular flexibility index (Phi) is 2.82. The van der Waals surface area contributed by atoms with E-state index < -0.39 is 0 Å². The summed E-state index contributed by atoms with van der Waals surface area (Å²) >= 11 is 1.22. The number of benzene rings is 2. The van der Waals surface area contributed by atoms with Crippen molar-refractivity contribution < 1.29 is 4.74 Å². The molecule has 2 aromatic carbocycles. The summed E-state index contributed by atoms with van der Waals surface area (Å²) in [5.41, 5.74) is 9.25. The molecule has 5 heteroatoms. The molecule has 0 aliphatic heterocycles. The van der Waals surface area contributed by atoms with Crippen LogP contribution in [0.25, 0.3) is 11.0 Å². The summed E-state index contributed by atoms with van der Waals surface area (Å²) in [4.78, 5) is 0. The van der Waals surface area contributed by atoms with Crippen LogP contribution in [0.5, 0.6) is 5.75 Å². The van der Waals surface area contributed by atoms with Gasteiger partial charge in [-0.15, -0.1) is 0 Å². The molecule has 3 aromatic rings. The average Bonchev–Trinajstić information content (AvgIpc) is 2.85. The molecule has 0 radical (unpaired) electrons. The average molecular weight is 257 g/mol. The Bertz CT molecular complexity index is 681. The number of hydrogen-bond donors (Lipinski definition) is 1. The number of aromatic nitrogens is 2. The monoisotopic (exact) mass is 257 g/mol. The van der Waals surface area contributed by atoms with Gasteiger partial charge in [-0.3, -0.25) is 0 Å². The summed E-state index contributed by atoms with van der Waals surface area (Å²) < 4.78 is 14.2. The van der Waals surface area contributed by atoms with Crippen molar-refractivity contribution in [1.82, 2.24) is 8.75 Å². The van der Waals surface area contributed by atoms with Crippen LogP contribution in [0.15, 0.2) is 42.5 Å². The summed E-state index contributed by atoms with van der Waals surface area (Å²) in [5.74, 6) is 0.759. The number of fused-ring (bicyclic) bond motifs is 1. The maximum atomic E-state index is 5.71. The molecule has 0 amide bonds. The summed E-state index contributed by atoms with van der Waals surface area (Å²) in [5, 5.41) is 0. The van der Waals surface area contributed by atoms with Gasteiger partial charge in [0.15, 0.2) is 0 Å². The molecule has 0 spiro atoms. The van der Waals surface area contributed by atoms with Crippen LogP contribution in [-0.4, -0.2) is 8.75 Å². The van der Waals surface area contributed by atoms with E-state index in [1.807, 2.05) is 36.4 Å². The van der Waals surface area contributed by atoms with E-state index in [1.54, 1.807) is 6.07 Å². The highest BCUT2D eigenvalue weighted by Gasteiger charge is 2.05. The first kappa shape index (κ1) is 11.0. The number of nitrogen functional groups attached to an aromatic ring is 1. The van der Waals surface area contributed by atoms with Gasteiger partial charge in [0.2, 0.25) is 0 Å². The van der Waals surface area contributed by atoms with Crippen molar-refractivity contribution in [3.8, 4) is 5.75 Å². The molecule has 4 nitrogen and oxygen atoms in total. The number of ether oxygens (including phenoxy) is 1. The van der Waals surface area contributed by atoms with Crippen molar-refractivity contribution in [2.45, 2.75) is 6.61 Å². The third-order valence-electron chi connectivity index (χ3n) is 2.62. The molecule has 0 aliphatic carbocycles. The molecule has 0 saturated heterocycles. The zero-order valence-electron chi connectivity index (χ0n) is 9.54. The van der Waals surface area contributed by atoms with Crippen LogP contribution >= 0.6 is 11.7 Å². The minimum atomic E-state index is 0.464. The molecule has 2 N–H and O–H groups in total. The largest absolute Gasteiger partial charge is 0.489 e. The molecule has 3 rings (SSSR count). The number of anilines is 1. The van der Waals surface area contributed by atoms with Gasteiger partial charge in [0.25, 0.3) is 0 Å². The lowest BCUT2D eigenvalue weighted by atomic mass is 10.2. The van der Waals surface area contributed by atoms with Crippen molar-refractivity contribution in [1.29, 1.82) is 0 Å². The second-order valence-electron chi connectivity index (χ2n) is 3.91. The van der Waals surface area contributed by atoms with E-state index >= 15 is 0 Å². The number of nitrogens with two attached hydrogens (primary N) is 1. The molecule has 1 aromatic heterocycles. The van der Waals surface area contributed by atoms with E-state index in [4.69, 9.17) is 10.5 Å². The lowest BCUT2D eigenvalue weighted by Crippen LogP contribution is -1.97. The SMILES string of the molecule is Nc1cccc(OCc2cccc3nsnc23)c1. The Labute approximate surface area is 108 Å². The van der Waals surface area contributed by atoms with E-state index in [1.165, 1.54) is 11.7 Å². The molecule has 0 bridgehead atoms. The number of rotatable bonds is 3. The molecule has 0 fully saturated rings. The van der Waals surface area contributed by atoms with E-state index in [0.717, 1.165) is 22.3 Å². The molecule has 0 aliphatic rings. The molecular weight excluding hydrogens is 246 g/mol. The van der Waals surface area contributed by atoms with Gasteiger partial charge in [-0.2, -0.15) is 8.75 Å². The highest BCUT2D eigenvalue weighted by atomic mass is 32.1. The van der Waals surface area contributed by atoms with Gasteiger partial charge < -0.3 is 10.5 Å². The predicted molar refractivity (Wildman–Crippen MR) is 72.6 cm³/mol. The minimum Gasteiger partial charge on any atom is -0.489 e. The van der Waals surface area contributed by atoms with E-state index in [9.17, 15) is 0 Å². The van der Waals surface area contributed by atoms with Crippen LogP contribution in [0.4, 0.5) is 5.69 Å². The Morgan fingerprint density at radius 3 is 2.89 bits per heavy atom. The third kappa shape index (κ3) is 2.12. The van der Waals surface area contributed by atoms with Crippen molar-refractivity contribution in [2.75, 3.05) is 5.73 Å². The van der Waals surface area contributed by atoms with Crippen LogP contribution in [0, 0.1) is 0 Å². The van der Waals surface area contributed by atoms with Crippen molar-refractivity contribution in [3.63, 3.8) is 0 Å². The summed E-state index contributed by atoms with van der Waals surface area (Å²) in [6.07, 6.45) is 0. The summed E-state index contributed by atoms with van der Waals surface area (Å²) in [6, 6.07) is 13.3. The predicted octanol–water partition coefficient (Wildman–Crippen LogP) is 2.85. The quantitative estimate of drug-likeness (QED) is 0.733. The maximum absolute atomic E-state index is 5.71. The van der Waals surface area contributed by atoms with E-state index in [0.29, 0.717) is 12.3 Å². The fraction of sp³-hybridized carbons (Fsp3) is 0.0769. The van der Waals surface area contributed by atoms with Crippen LogP contribution in [0.3, 0.4) is 0 Å². The topological polar surface area (TPSA) is 61.0 Å². The van der Waals surface area contributed by atoms with E-state index in [-0.39, 0.29) is 0 Å². The zero-order chi connectivity index (χ0) is 12.4. The molecule has 0 atom stereocenters. The fourth-order valence-corrected chi connectivity index (χ4v) is 2.31. The van der Waals surface area contributed by atoms with Gasteiger partial charge in [-0.1, -0.05) is 18.2 Å². The Morgan fingerprint density at radius 2 is 2.00 bits per heavy atom. The first-order chi connectivity index (χ1) is 8.83. The number of nitrogens with zero attached hydrogens (tertiary/aromatic N) is 2. The summed E-state index contributed by atoms with van der Waals surface area (Å²) in [7, 11) is 0. The fourth-order valence-electron chi connectivity index (χ4n) is 1.74. The van der Waals surface area contributed by atoms with Crippen LogP contribution in [-0.2, 0) is 6.61 Å². The first-order valence-corrected chi connectivity index (χ1v) is 6.24. The minimum absolute atomic E-state index is 0.464. The van der Waals surface area contributed by atoms with Gasteiger partial charge >= 0.3 is 0 Å². The molecule has 0 saturated carbocycles. The summed E-state index contributed by atoms with van der Waals surface area (Å²) in [6.45, 7) is 0.464. The second-order valence-corrected chi connectivity index (χ2v) is 4.44. The highest BCUT2D eigenvalue weighted by molar-refractivity contribution is 7.00. The maximum Gasteiger partial charge on any atom is 0.121 e. The zero-order valence-corrected chi connectivity index (χ0v) is 10.4. The van der Waals surface area contributed by atoms with Crippen molar-refractivity contribution in [3.05, 3.63) is 48.0 Å². The normalized spacial score (nSPS) is 10.7. The van der Waals surface area contributed by atoms with Gasteiger partial charge in [0.05, 0.1) is 11.7 Å². The smallest absolute Gasteiger partial charge is 0.121 e. The molecule has 1 heterocycles. The van der Waals surface area contributed by atoms with Crippen molar-refractivity contribution in [2.24, 2.45) is 0 Å². The lowest BCUT2D eigenvalue weighted by molar-refractivity contribution is 0.307. The Hall–Kier alpha value is -2.14. The van der Waals surface area contributed by atoms with Gasteiger partial charge in [0, 0.05) is 17.3 Å². The van der Waals surface area contributed by atoms with Gasteiger partial charge in [0.1, 0.15) is 23.4 Å². The molecule has 18 heavy (non-hydrogen) atoms. The number of hydrogen-bond acceptors (Lipinski definition) is 5.